The molecule has 27 heavy (non-hydrogen) atoms. The molecule has 144 valence electrons. The van der Waals surface area contributed by atoms with Gasteiger partial charge in [0.25, 0.3) is 5.91 Å². The maximum atomic E-state index is 12.5. The van der Waals surface area contributed by atoms with E-state index in [1.807, 2.05) is 18.2 Å². The van der Waals surface area contributed by atoms with E-state index in [4.69, 9.17) is 13.9 Å². The number of ether oxygens (including phenoxy) is 2. The number of thioether (sulfide) groups is 1. The van der Waals surface area contributed by atoms with Crippen LogP contribution in [0.15, 0.2) is 41.0 Å². The van der Waals surface area contributed by atoms with Crippen LogP contribution in [-0.2, 0) is 11.2 Å². The van der Waals surface area contributed by atoms with Crippen molar-refractivity contribution < 1.29 is 23.5 Å². The lowest BCUT2D eigenvalue weighted by molar-refractivity contribution is -0.124. The maximum Gasteiger partial charge on any atom is 0.290 e. The second-order valence-corrected chi connectivity index (χ2v) is 7.00. The van der Waals surface area contributed by atoms with Gasteiger partial charge < -0.3 is 24.1 Å². The summed E-state index contributed by atoms with van der Waals surface area (Å²) in [6.07, 6.45) is 2.10. The summed E-state index contributed by atoms with van der Waals surface area (Å²) < 4.78 is 15.7. The van der Waals surface area contributed by atoms with Crippen LogP contribution in [0.4, 0.5) is 0 Å². The van der Waals surface area contributed by atoms with E-state index in [9.17, 15) is 9.59 Å². The average molecular weight is 390 g/mol. The SMILES string of the molecule is COc1ccc(CCNC(=O)C2CSCN2C(=O)c2ccco2)cc1OC. The number of carbonyl (C=O) groups excluding carboxylic acids is 2. The number of methoxy groups -OCH3 is 2. The Kier molecular flexibility index (Phi) is 6.28. The van der Waals surface area contributed by atoms with Gasteiger partial charge in [-0.3, -0.25) is 9.59 Å². The number of hydrogen-bond donors (Lipinski definition) is 1. The van der Waals surface area contributed by atoms with Crippen LogP contribution in [0, 0.1) is 0 Å². The van der Waals surface area contributed by atoms with Gasteiger partial charge in [0.1, 0.15) is 6.04 Å². The molecule has 0 bridgehead atoms. The molecule has 1 unspecified atom stereocenters. The van der Waals surface area contributed by atoms with E-state index in [1.54, 1.807) is 43.0 Å². The molecule has 1 N–H and O–H groups in total. The maximum absolute atomic E-state index is 12.5. The second kappa shape index (κ2) is 8.85. The van der Waals surface area contributed by atoms with Crippen molar-refractivity contribution in [3.63, 3.8) is 0 Å². The molecule has 1 aliphatic rings. The van der Waals surface area contributed by atoms with Crippen LogP contribution < -0.4 is 14.8 Å². The lowest BCUT2D eigenvalue weighted by Gasteiger charge is -2.22. The van der Waals surface area contributed by atoms with Crippen molar-refractivity contribution in [3.05, 3.63) is 47.9 Å². The molecule has 0 saturated carbocycles. The van der Waals surface area contributed by atoms with Gasteiger partial charge >= 0.3 is 0 Å². The van der Waals surface area contributed by atoms with E-state index < -0.39 is 6.04 Å². The van der Waals surface area contributed by atoms with Crippen molar-refractivity contribution in [2.75, 3.05) is 32.4 Å². The Bertz CT molecular complexity index is 793. The molecule has 1 aromatic heterocycles. The molecule has 2 amide bonds. The Hall–Kier alpha value is -2.61. The zero-order valence-electron chi connectivity index (χ0n) is 15.3. The van der Waals surface area contributed by atoms with Gasteiger partial charge in [0, 0.05) is 12.3 Å². The van der Waals surface area contributed by atoms with E-state index in [2.05, 4.69) is 5.32 Å². The van der Waals surface area contributed by atoms with Crippen molar-refractivity contribution in [2.24, 2.45) is 0 Å². The highest BCUT2D eigenvalue weighted by atomic mass is 32.2. The lowest BCUT2D eigenvalue weighted by Crippen LogP contribution is -2.47. The van der Waals surface area contributed by atoms with Crippen LogP contribution in [0.5, 0.6) is 11.5 Å². The van der Waals surface area contributed by atoms with Crippen molar-refractivity contribution in [1.29, 1.82) is 0 Å². The molecule has 8 heteroatoms. The van der Waals surface area contributed by atoms with Gasteiger partial charge in [-0.05, 0) is 36.2 Å². The molecule has 0 aliphatic carbocycles. The zero-order chi connectivity index (χ0) is 19.2. The number of hydrogen-bond acceptors (Lipinski definition) is 6. The number of rotatable bonds is 7. The van der Waals surface area contributed by atoms with Gasteiger partial charge in [0.15, 0.2) is 17.3 Å². The van der Waals surface area contributed by atoms with E-state index in [1.165, 1.54) is 6.26 Å². The molecule has 1 fully saturated rings. The van der Waals surface area contributed by atoms with E-state index in [0.29, 0.717) is 36.1 Å². The first-order chi connectivity index (χ1) is 13.1. The molecule has 0 spiro atoms. The minimum absolute atomic E-state index is 0.152. The predicted octanol–water partition coefficient (Wildman–Crippen LogP) is 2.17. The highest BCUT2D eigenvalue weighted by molar-refractivity contribution is 7.99. The topological polar surface area (TPSA) is 81.0 Å². The molecule has 7 nitrogen and oxygen atoms in total. The lowest BCUT2D eigenvalue weighted by atomic mass is 10.1. The summed E-state index contributed by atoms with van der Waals surface area (Å²) in [5.41, 5.74) is 1.03. The Morgan fingerprint density at radius 2 is 2.07 bits per heavy atom. The average Bonchev–Trinajstić information content (AvgIpc) is 3.39. The summed E-state index contributed by atoms with van der Waals surface area (Å²) >= 11 is 1.56. The summed E-state index contributed by atoms with van der Waals surface area (Å²) in [6.45, 7) is 0.471. The normalized spacial score (nSPS) is 16.2. The fraction of sp³-hybridized carbons (Fsp3) is 0.368. The molecule has 0 radical (unpaired) electrons. The molecule has 1 aliphatic heterocycles. The monoisotopic (exact) mass is 390 g/mol. The molecule has 1 saturated heterocycles. The van der Waals surface area contributed by atoms with Gasteiger partial charge in [-0.15, -0.1) is 11.8 Å². The van der Waals surface area contributed by atoms with Crippen molar-refractivity contribution in [2.45, 2.75) is 12.5 Å². The van der Waals surface area contributed by atoms with Crippen LogP contribution >= 0.6 is 11.8 Å². The fourth-order valence-electron chi connectivity index (χ4n) is 2.89. The molecule has 3 rings (SSSR count). The quantitative estimate of drug-likeness (QED) is 0.780. The van der Waals surface area contributed by atoms with Gasteiger partial charge in [0.2, 0.25) is 5.91 Å². The summed E-state index contributed by atoms with van der Waals surface area (Å²) in [4.78, 5) is 26.6. The minimum Gasteiger partial charge on any atom is -0.493 e. The van der Waals surface area contributed by atoms with Crippen LogP contribution in [0.25, 0.3) is 0 Å². The van der Waals surface area contributed by atoms with Gasteiger partial charge in [-0.1, -0.05) is 6.07 Å². The number of nitrogens with one attached hydrogen (secondary N) is 1. The third kappa shape index (κ3) is 4.39. The van der Waals surface area contributed by atoms with Crippen LogP contribution in [0.1, 0.15) is 16.1 Å². The van der Waals surface area contributed by atoms with Gasteiger partial charge in [0.05, 0.1) is 26.4 Å². The highest BCUT2D eigenvalue weighted by Gasteiger charge is 2.35. The van der Waals surface area contributed by atoms with Crippen molar-refractivity contribution in [3.8, 4) is 11.5 Å². The smallest absolute Gasteiger partial charge is 0.290 e. The number of benzene rings is 1. The van der Waals surface area contributed by atoms with Gasteiger partial charge in [-0.25, -0.2) is 0 Å². The molecule has 1 atom stereocenters. The standard InChI is InChI=1S/C19H22N2O5S/c1-24-15-6-5-13(10-17(15)25-2)7-8-20-18(22)14-11-27-12-21(14)19(23)16-4-3-9-26-16/h3-6,9-10,14H,7-8,11-12H2,1-2H3,(H,20,22). The number of nitrogens with zero attached hydrogens (tertiary/aromatic N) is 1. The Morgan fingerprint density at radius 1 is 1.26 bits per heavy atom. The molecular weight excluding hydrogens is 368 g/mol. The Labute approximate surface area is 162 Å². The van der Waals surface area contributed by atoms with Crippen LogP contribution in [0.3, 0.4) is 0 Å². The van der Waals surface area contributed by atoms with E-state index in [-0.39, 0.29) is 17.6 Å². The summed E-state index contributed by atoms with van der Waals surface area (Å²) in [7, 11) is 3.18. The summed E-state index contributed by atoms with van der Waals surface area (Å²) in [5.74, 6) is 2.22. The molecule has 2 aromatic rings. The molecule has 1 aromatic carbocycles. The minimum atomic E-state index is -0.488. The first kappa shape index (κ1) is 19.2. The third-order valence-electron chi connectivity index (χ3n) is 4.34. The summed E-state index contributed by atoms with van der Waals surface area (Å²) in [5, 5.41) is 2.92. The zero-order valence-corrected chi connectivity index (χ0v) is 16.1. The van der Waals surface area contributed by atoms with Gasteiger partial charge in [-0.2, -0.15) is 0 Å². The number of carbonyl (C=O) groups is 2. The Balaban J connectivity index is 1.55. The highest BCUT2D eigenvalue weighted by Crippen LogP contribution is 2.27. The number of amides is 2. The van der Waals surface area contributed by atoms with E-state index >= 15 is 0 Å². The number of furan rings is 1. The first-order valence-corrected chi connectivity index (χ1v) is 9.70. The Morgan fingerprint density at radius 3 is 2.78 bits per heavy atom. The molecule has 2 heterocycles. The van der Waals surface area contributed by atoms with Crippen molar-refractivity contribution >= 4 is 23.6 Å². The molecular formula is C19H22N2O5S. The van der Waals surface area contributed by atoms with Crippen LogP contribution in [-0.4, -0.2) is 55.2 Å². The largest absolute Gasteiger partial charge is 0.493 e. The second-order valence-electron chi connectivity index (χ2n) is 6.00. The third-order valence-corrected chi connectivity index (χ3v) is 5.35. The fourth-order valence-corrected chi connectivity index (χ4v) is 4.04. The van der Waals surface area contributed by atoms with Crippen LogP contribution in [0.2, 0.25) is 0 Å². The summed E-state index contributed by atoms with van der Waals surface area (Å²) in [6, 6.07) is 8.45. The van der Waals surface area contributed by atoms with Crippen molar-refractivity contribution in [1.82, 2.24) is 10.2 Å². The first-order valence-electron chi connectivity index (χ1n) is 8.55. The predicted molar refractivity (Wildman–Crippen MR) is 102 cm³/mol. The van der Waals surface area contributed by atoms with E-state index in [0.717, 1.165) is 5.56 Å².